The van der Waals surface area contributed by atoms with E-state index in [0.717, 1.165) is 33.2 Å². The summed E-state index contributed by atoms with van der Waals surface area (Å²) >= 11 is 0. The maximum absolute atomic E-state index is 12.0. The van der Waals surface area contributed by atoms with Gasteiger partial charge in [0.2, 0.25) is 0 Å². The van der Waals surface area contributed by atoms with Crippen LogP contribution in [0.4, 0.5) is 0 Å². The Hall–Kier alpha value is -4.10. The summed E-state index contributed by atoms with van der Waals surface area (Å²) in [6, 6.07) is 23.4. The van der Waals surface area contributed by atoms with Gasteiger partial charge in [-0.25, -0.2) is 8.42 Å². The lowest BCUT2D eigenvalue weighted by Crippen LogP contribution is -2.11. The molecule has 0 fully saturated rings. The summed E-state index contributed by atoms with van der Waals surface area (Å²) in [5.74, 6) is 0.880. The number of benzene rings is 3. The second-order valence-corrected chi connectivity index (χ2v) is 12.5. The Morgan fingerprint density at radius 2 is 1.71 bits per heavy atom. The van der Waals surface area contributed by atoms with Gasteiger partial charge in [0.15, 0.2) is 15.7 Å². The molecule has 0 atom stereocenters. The Labute approximate surface area is 223 Å². The van der Waals surface area contributed by atoms with E-state index in [1.807, 2.05) is 30.5 Å². The summed E-state index contributed by atoms with van der Waals surface area (Å²) in [5.41, 5.74) is 6.69. The van der Waals surface area contributed by atoms with Crippen LogP contribution in [-0.2, 0) is 15.3 Å². The molecule has 2 aromatic heterocycles. The van der Waals surface area contributed by atoms with Crippen molar-refractivity contribution < 1.29 is 12.9 Å². The molecule has 192 valence electrons. The highest BCUT2D eigenvalue weighted by atomic mass is 32.2. The van der Waals surface area contributed by atoms with Gasteiger partial charge in [-0.1, -0.05) is 62.3 Å². The van der Waals surface area contributed by atoms with Crippen LogP contribution in [0.2, 0.25) is 0 Å². The van der Waals surface area contributed by atoms with E-state index in [9.17, 15) is 8.42 Å². The monoisotopic (exact) mass is 523 g/mol. The lowest BCUT2D eigenvalue weighted by molar-refractivity contribution is 0.403. The molecule has 0 saturated heterocycles. The quantitative estimate of drug-likeness (QED) is 0.233. The smallest absolute Gasteiger partial charge is 0.258 e. The third kappa shape index (κ3) is 5.29. The number of aryl methyl sites for hydroxylation is 1. The first-order valence-corrected chi connectivity index (χ1v) is 14.2. The minimum Gasteiger partial charge on any atom is -0.334 e. The predicted molar refractivity (Wildman–Crippen MR) is 151 cm³/mol. The molecule has 5 aromatic rings. The van der Waals surface area contributed by atoms with Gasteiger partial charge in [0, 0.05) is 29.0 Å². The molecule has 0 saturated carbocycles. The summed E-state index contributed by atoms with van der Waals surface area (Å²) in [6.45, 7) is 8.39. The van der Waals surface area contributed by atoms with Crippen molar-refractivity contribution in [1.29, 1.82) is 0 Å². The second kappa shape index (κ2) is 9.65. The SMILES string of the molecule is Cc1noc(C(=Cc2cccc(-c3cc(C(C)(C)C)cc4cccnc34)c2)c2ccc(S(C)(=O)=O)cc2)n1. The van der Waals surface area contributed by atoms with E-state index in [1.54, 1.807) is 31.2 Å². The number of sulfone groups is 1. The maximum atomic E-state index is 12.0. The lowest BCUT2D eigenvalue weighted by atomic mass is 9.84. The number of fused-ring (bicyclic) bond motifs is 1. The molecule has 0 amide bonds. The van der Waals surface area contributed by atoms with E-state index in [4.69, 9.17) is 9.51 Å². The molecule has 0 aliphatic heterocycles. The summed E-state index contributed by atoms with van der Waals surface area (Å²) < 4.78 is 29.5. The Balaban J connectivity index is 1.66. The minimum absolute atomic E-state index is 0.0165. The number of nitrogens with zero attached hydrogens (tertiary/aromatic N) is 3. The Morgan fingerprint density at radius 1 is 0.947 bits per heavy atom. The lowest BCUT2D eigenvalue weighted by Gasteiger charge is -2.21. The number of rotatable bonds is 5. The summed E-state index contributed by atoms with van der Waals surface area (Å²) in [6.07, 6.45) is 5.00. The molecule has 0 unspecified atom stereocenters. The zero-order valence-corrected chi connectivity index (χ0v) is 22.9. The standard InChI is InChI=1S/C31H29N3O3S/c1-20-33-30(37-34-20)28(22-11-13-26(14-12-22)38(5,35)36)17-21-8-6-9-23(16-21)27-19-25(31(2,3)4)18-24-10-7-15-32-29(24)27/h6-19H,1-5H3. The van der Waals surface area contributed by atoms with Crippen LogP contribution in [0.1, 0.15) is 49.2 Å². The van der Waals surface area contributed by atoms with Crippen molar-refractivity contribution in [2.75, 3.05) is 6.26 Å². The second-order valence-electron chi connectivity index (χ2n) is 10.5. The molecule has 3 aromatic carbocycles. The zero-order chi connectivity index (χ0) is 27.1. The fourth-order valence-electron chi connectivity index (χ4n) is 4.36. The average Bonchev–Trinajstić information content (AvgIpc) is 3.31. The zero-order valence-electron chi connectivity index (χ0n) is 22.1. The highest BCUT2D eigenvalue weighted by molar-refractivity contribution is 7.90. The molecule has 0 aliphatic rings. The van der Waals surface area contributed by atoms with Crippen LogP contribution < -0.4 is 0 Å². The average molecular weight is 524 g/mol. The van der Waals surface area contributed by atoms with Crippen molar-refractivity contribution in [3.8, 4) is 11.1 Å². The number of hydrogen-bond acceptors (Lipinski definition) is 6. The molecule has 5 rings (SSSR count). The summed E-state index contributed by atoms with van der Waals surface area (Å²) in [7, 11) is -3.31. The van der Waals surface area contributed by atoms with Gasteiger partial charge < -0.3 is 4.52 Å². The summed E-state index contributed by atoms with van der Waals surface area (Å²) in [5, 5.41) is 5.06. The molecule has 0 aliphatic carbocycles. The first kappa shape index (κ1) is 25.5. The van der Waals surface area contributed by atoms with Crippen molar-refractivity contribution in [3.05, 3.63) is 107 Å². The largest absolute Gasteiger partial charge is 0.334 e. The summed E-state index contributed by atoms with van der Waals surface area (Å²) in [4.78, 5) is 9.39. The predicted octanol–water partition coefficient (Wildman–Crippen LogP) is 6.88. The van der Waals surface area contributed by atoms with Crippen molar-refractivity contribution in [3.63, 3.8) is 0 Å². The Bertz CT molecular complexity index is 1780. The highest BCUT2D eigenvalue weighted by Crippen LogP contribution is 2.35. The van der Waals surface area contributed by atoms with E-state index in [0.29, 0.717) is 17.3 Å². The number of pyridine rings is 1. The topological polar surface area (TPSA) is 86.0 Å². The maximum Gasteiger partial charge on any atom is 0.258 e. The third-order valence-corrected chi connectivity index (χ3v) is 7.56. The van der Waals surface area contributed by atoms with Crippen LogP contribution in [-0.4, -0.2) is 29.8 Å². The van der Waals surface area contributed by atoms with Crippen molar-refractivity contribution >= 4 is 32.4 Å². The van der Waals surface area contributed by atoms with Gasteiger partial charge in [0.1, 0.15) is 0 Å². The highest BCUT2D eigenvalue weighted by Gasteiger charge is 2.18. The van der Waals surface area contributed by atoms with Crippen molar-refractivity contribution in [2.45, 2.75) is 38.0 Å². The molecule has 6 nitrogen and oxygen atoms in total. The molecular weight excluding hydrogens is 494 g/mol. The van der Waals surface area contributed by atoms with Crippen LogP contribution in [0.3, 0.4) is 0 Å². The molecule has 2 heterocycles. The van der Waals surface area contributed by atoms with E-state index >= 15 is 0 Å². The third-order valence-electron chi connectivity index (χ3n) is 6.43. The van der Waals surface area contributed by atoms with Gasteiger partial charge in [0.25, 0.3) is 5.89 Å². The van der Waals surface area contributed by atoms with Gasteiger partial charge in [-0.2, -0.15) is 4.98 Å². The number of aromatic nitrogens is 3. The number of hydrogen-bond donors (Lipinski definition) is 0. The van der Waals surface area contributed by atoms with Crippen LogP contribution in [0.15, 0.2) is 88.4 Å². The first-order chi connectivity index (χ1) is 18.0. The molecule has 38 heavy (non-hydrogen) atoms. The molecule has 0 spiro atoms. The Morgan fingerprint density at radius 3 is 2.37 bits per heavy atom. The normalized spacial score (nSPS) is 12.7. The van der Waals surface area contributed by atoms with Crippen LogP contribution in [0.25, 0.3) is 33.7 Å². The van der Waals surface area contributed by atoms with E-state index in [1.165, 1.54) is 11.8 Å². The fourth-order valence-corrected chi connectivity index (χ4v) is 5.00. The van der Waals surface area contributed by atoms with Gasteiger partial charge in [-0.3, -0.25) is 4.98 Å². The van der Waals surface area contributed by atoms with E-state index in [-0.39, 0.29) is 10.3 Å². The molecular formula is C31H29N3O3S. The van der Waals surface area contributed by atoms with Crippen LogP contribution in [0.5, 0.6) is 0 Å². The Kier molecular flexibility index (Phi) is 6.49. The molecule has 7 heteroatoms. The molecule has 0 bridgehead atoms. The van der Waals surface area contributed by atoms with Crippen LogP contribution in [0, 0.1) is 6.92 Å². The minimum atomic E-state index is -3.31. The van der Waals surface area contributed by atoms with Crippen molar-refractivity contribution in [2.24, 2.45) is 0 Å². The first-order valence-electron chi connectivity index (χ1n) is 12.3. The van der Waals surface area contributed by atoms with Crippen molar-refractivity contribution in [1.82, 2.24) is 15.1 Å². The fraction of sp³-hybridized carbons (Fsp3) is 0.194. The van der Waals surface area contributed by atoms with Crippen LogP contribution >= 0.6 is 0 Å². The van der Waals surface area contributed by atoms with E-state index < -0.39 is 9.84 Å². The van der Waals surface area contributed by atoms with Gasteiger partial charge in [-0.05, 0) is 77.1 Å². The molecule has 0 N–H and O–H groups in total. The van der Waals surface area contributed by atoms with Gasteiger partial charge >= 0.3 is 0 Å². The van der Waals surface area contributed by atoms with Gasteiger partial charge in [0.05, 0.1) is 10.4 Å². The van der Waals surface area contributed by atoms with E-state index in [2.05, 4.69) is 61.2 Å². The van der Waals surface area contributed by atoms with Gasteiger partial charge in [-0.15, -0.1) is 0 Å². The molecule has 0 radical (unpaired) electrons.